The molecule has 9 heteroatoms. The third kappa shape index (κ3) is 4.84. The molecule has 1 aromatic heterocycles. The molecular weight excluding hydrogens is 398 g/mol. The lowest BCUT2D eigenvalue weighted by Crippen LogP contribution is -2.48. The maximum absolute atomic E-state index is 13.0. The highest BCUT2D eigenvalue weighted by Gasteiger charge is 2.27. The summed E-state index contributed by atoms with van der Waals surface area (Å²) in [5.41, 5.74) is 1.13. The molecule has 2 aromatic rings. The molecule has 1 saturated heterocycles. The molecule has 0 saturated carbocycles. The highest BCUT2D eigenvalue weighted by molar-refractivity contribution is 7.89. The molecule has 154 valence electrons. The third-order valence-electron chi connectivity index (χ3n) is 5.03. The van der Waals surface area contributed by atoms with Crippen LogP contribution in [0.2, 0.25) is 0 Å². The topological polar surface area (TPSA) is 71.1 Å². The smallest absolute Gasteiger partial charge is 0.244 e. The summed E-state index contributed by atoms with van der Waals surface area (Å²) in [6.45, 7) is 4.04. The Kier molecular flexibility index (Phi) is 6.95. The molecule has 2 heterocycles. The van der Waals surface area contributed by atoms with Crippen LogP contribution in [0.1, 0.15) is 11.6 Å². The predicted molar refractivity (Wildman–Crippen MR) is 111 cm³/mol. The second-order valence-corrected chi connectivity index (χ2v) is 9.30. The average Bonchev–Trinajstić information content (AvgIpc) is 3.23. The minimum Gasteiger partial charge on any atom is -0.497 e. The van der Waals surface area contributed by atoms with E-state index in [1.165, 1.54) is 20.3 Å². The highest BCUT2D eigenvalue weighted by atomic mass is 32.2. The fourth-order valence-electron chi connectivity index (χ4n) is 3.32. The number of hydrogen-bond donors (Lipinski definition) is 1. The van der Waals surface area contributed by atoms with E-state index in [9.17, 15) is 8.42 Å². The third-order valence-corrected chi connectivity index (χ3v) is 7.18. The van der Waals surface area contributed by atoms with Gasteiger partial charge in [-0.25, -0.2) is 13.1 Å². The van der Waals surface area contributed by atoms with Crippen molar-refractivity contribution in [2.24, 2.45) is 0 Å². The molecule has 1 atom stereocenters. The van der Waals surface area contributed by atoms with Gasteiger partial charge in [-0.05, 0) is 41.6 Å². The Balaban J connectivity index is 1.81. The lowest BCUT2D eigenvalue weighted by molar-refractivity contribution is 0.113. The van der Waals surface area contributed by atoms with Crippen molar-refractivity contribution in [3.05, 3.63) is 40.6 Å². The first kappa shape index (κ1) is 21.1. The molecule has 1 aliphatic rings. The van der Waals surface area contributed by atoms with Crippen LogP contribution < -0.4 is 14.2 Å². The van der Waals surface area contributed by atoms with Gasteiger partial charge < -0.3 is 14.4 Å². The van der Waals surface area contributed by atoms with Gasteiger partial charge in [-0.1, -0.05) is 0 Å². The summed E-state index contributed by atoms with van der Waals surface area (Å²) in [7, 11) is 1.31. The summed E-state index contributed by atoms with van der Waals surface area (Å²) in [6, 6.07) is 6.82. The number of likely N-dealkylation sites (N-methyl/N-ethyl adjacent to an activating group) is 1. The Morgan fingerprint density at radius 1 is 1.14 bits per heavy atom. The molecule has 0 spiro atoms. The average molecular weight is 426 g/mol. The second kappa shape index (κ2) is 9.23. The Morgan fingerprint density at radius 2 is 1.89 bits per heavy atom. The molecule has 0 bridgehead atoms. The van der Waals surface area contributed by atoms with Gasteiger partial charge in [0.1, 0.15) is 16.4 Å². The van der Waals surface area contributed by atoms with E-state index in [2.05, 4.69) is 33.0 Å². The van der Waals surface area contributed by atoms with Crippen molar-refractivity contribution in [3.8, 4) is 11.5 Å². The van der Waals surface area contributed by atoms with Gasteiger partial charge in [0, 0.05) is 44.8 Å². The van der Waals surface area contributed by atoms with E-state index in [4.69, 9.17) is 9.47 Å². The van der Waals surface area contributed by atoms with Crippen molar-refractivity contribution in [1.82, 2.24) is 14.5 Å². The predicted octanol–water partition coefficient (Wildman–Crippen LogP) is 2.03. The SMILES string of the molecule is COc1ccc(OC)c(S(=O)(=O)NCC(c2ccsc2)N2CCN(C)CC2)c1. The lowest BCUT2D eigenvalue weighted by atomic mass is 10.1. The van der Waals surface area contributed by atoms with Crippen LogP contribution in [0.15, 0.2) is 39.9 Å². The van der Waals surface area contributed by atoms with Gasteiger partial charge >= 0.3 is 0 Å². The summed E-state index contributed by atoms with van der Waals surface area (Å²) < 4.78 is 39.2. The van der Waals surface area contributed by atoms with Crippen molar-refractivity contribution in [2.75, 3.05) is 54.0 Å². The first-order valence-corrected chi connectivity index (χ1v) is 11.5. The van der Waals surface area contributed by atoms with Crippen molar-refractivity contribution in [3.63, 3.8) is 0 Å². The van der Waals surface area contributed by atoms with Gasteiger partial charge in [-0.15, -0.1) is 0 Å². The number of nitrogens with zero attached hydrogens (tertiary/aromatic N) is 2. The van der Waals surface area contributed by atoms with Gasteiger partial charge in [0.05, 0.1) is 14.2 Å². The van der Waals surface area contributed by atoms with E-state index in [1.807, 2.05) is 5.38 Å². The number of rotatable bonds is 8. The maximum Gasteiger partial charge on any atom is 0.244 e. The Hall–Kier alpha value is -1.65. The van der Waals surface area contributed by atoms with E-state index in [1.54, 1.807) is 23.5 Å². The Morgan fingerprint density at radius 3 is 2.50 bits per heavy atom. The number of ether oxygens (including phenoxy) is 2. The van der Waals surface area contributed by atoms with Gasteiger partial charge in [0.2, 0.25) is 10.0 Å². The van der Waals surface area contributed by atoms with Crippen LogP contribution in [0.25, 0.3) is 0 Å². The molecule has 1 N–H and O–H groups in total. The van der Waals surface area contributed by atoms with Gasteiger partial charge in [-0.3, -0.25) is 4.90 Å². The molecule has 1 aromatic carbocycles. The van der Waals surface area contributed by atoms with Crippen LogP contribution in [0.3, 0.4) is 0 Å². The van der Waals surface area contributed by atoms with Crippen molar-refractivity contribution in [2.45, 2.75) is 10.9 Å². The molecule has 0 radical (unpaired) electrons. The Bertz CT molecular complexity index is 863. The molecule has 1 aliphatic heterocycles. The zero-order chi connectivity index (χ0) is 20.1. The van der Waals surface area contributed by atoms with Crippen LogP contribution in [0, 0.1) is 0 Å². The maximum atomic E-state index is 13.0. The fraction of sp³-hybridized carbons (Fsp3) is 0.474. The summed E-state index contributed by atoms with van der Waals surface area (Å²) in [5, 5.41) is 4.11. The highest BCUT2D eigenvalue weighted by Crippen LogP contribution is 2.29. The number of piperazine rings is 1. The minimum atomic E-state index is -3.76. The first-order valence-electron chi connectivity index (χ1n) is 9.11. The Labute approximate surface area is 170 Å². The molecule has 3 rings (SSSR count). The van der Waals surface area contributed by atoms with E-state index in [-0.39, 0.29) is 10.9 Å². The molecular formula is C19H27N3O4S2. The van der Waals surface area contributed by atoms with E-state index >= 15 is 0 Å². The number of sulfonamides is 1. The lowest BCUT2D eigenvalue weighted by Gasteiger charge is -2.38. The van der Waals surface area contributed by atoms with Crippen LogP contribution >= 0.6 is 11.3 Å². The second-order valence-electron chi connectivity index (χ2n) is 6.78. The van der Waals surface area contributed by atoms with Crippen molar-refractivity contribution in [1.29, 1.82) is 0 Å². The molecule has 28 heavy (non-hydrogen) atoms. The quantitative estimate of drug-likeness (QED) is 0.698. The van der Waals surface area contributed by atoms with Crippen LogP contribution in [-0.2, 0) is 10.0 Å². The number of benzene rings is 1. The fourth-order valence-corrected chi connectivity index (χ4v) is 5.24. The monoisotopic (exact) mass is 425 g/mol. The molecule has 0 amide bonds. The van der Waals surface area contributed by atoms with Crippen LogP contribution in [0.4, 0.5) is 0 Å². The van der Waals surface area contributed by atoms with Gasteiger partial charge in [-0.2, -0.15) is 11.3 Å². The van der Waals surface area contributed by atoms with E-state index in [0.29, 0.717) is 18.0 Å². The standard InChI is InChI=1S/C19H27N3O4S2/c1-21-7-9-22(10-8-21)17(15-6-11-27-14-15)13-20-28(23,24)19-12-16(25-2)4-5-18(19)26-3/h4-6,11-12,14,17,20H,7-10,13H2,1-3H3. The normalized spacial score (nSPS) is 17.4. The number of methoxy groups -OCH3 is 2. The number of thiophene rings is 1. The van der Waals surface area contributed by atoms with Crippen molar-refractivity contribution < 1.29 is 17.9 Å². The summed E-state index contributed by atoms with van der Waals surface area (Å²) in [5.74, 6) is 0.759. The first-order chi connectivity index (χ1) is 13.4. The zero-order valence-electron chi connectivity index (χ0n) is 16.4. The number of hydrogen-bond acceptors (Lipinski definition) is 7. The molecule has 0 aliphatic carbocycles. The summed E-state index contributed by atoms with van der Waals surface area (Å²) in [6.07, 6.45) is 0. The minimum absolute atomic E-state index is 0.00803. The van der Waals surface area contributed by atoms with Gasteiger partial charge in [0.25, 0.3) is 0 Å². The zero-order valence-corrected chi connectivity index (χ0v) is 18.1. The van der Waals surface area contributed by atoms with E-state index < -0.39 is 10.0 Å². The molecule has 1 unspecified atom stereocenters. The van der Waals surface area contributed by atoms with Crippen LogP contribution in [-0.4, -0.2) is 72.2 Å². The summed E-state index contributed by atoms with van der Waals surface area (Å²) >= 11 is 1.62. The number of nitrogens with one attached hydrogen (secondary N) is 1. The van der Waals surface area contributed by atoms with Gasteiger partial charge in [0.15, 0.2) is 0 Å². The largest absolute Gasteiger partial charge is 0.497 e. The molecule has 7 nitrogen and oxygen atoms in total. The van der Waals surface area contributed by atoms with E-state index in [0.717, 1.165) is 31.7 Å². The van der Waals surface area contributed by atoms with Crippen molar-refractivity contribution >= 4 is 21.4 Å². The summed E-state index contributed by atoms with van der Waals surface area (Å²) in [4.78, 5) is 4.71. The molecule has 1 fully saturated rings. The van der Waals surface area contributed by atoms with Crippen LogP contribution in [0.5, 0.6) is 11.5 Å².